The molecule has 2 rings (SSSR count). The van der Waals surface area contributed by atoms with E-state index in [1.165, 1.54) is 4.90 Å². The Kier molecular flexibility index (Phi) is 11.7. The van der Waals surface area contributed by atoms with Gasteiger partial charge in [-0.05, 0) is 30.7 Å². The van der Waals surface area contributed by atoms with Gasteiger partial charge in [0.1, 0.15) is 12.3 Å². The Morgan fingerprint density at radius 1 is 1.16 bits per heavy atom. The van der Waals surface area contributed by atoms with Crippen molar-refractivity contribution in [3.05, 3.63) is 29.8 Å². The fraction of sp³-hybridized carbons (Fsp3) is 0.636. The molecule has 174 valence electrons. The van der Waals surface area contributed by atoms with Gasteiger partial charge in [-0.15, -0.1) is 0 Å². The molecule has 0 aliphatic carbocycles. The lowest BCUT2D eigenvalue weighted by Crippen LogP contribution is -2.42. The Hall–Kier alpha value is -2.36. The zero-order valence-corrected chi connectivity index (χ0v) is 19.1. The van der Waals surface area contributed by atoms with Crippen molar-refractivity contribution in [3.8, 4) is 5.75 Å². The van der Waals surface area contributed by atoms with Crippen LogP contribution in [-0.4, -0.2) is 102 Å². The summed E-state index contributed by atoms with van der Waals surface area (Å²) in [7, 11) is 5.11. The minimum absolute atomic E-state index is 0.0369. The second-order valence-electron chi connectivity index (χ2n) is 7.51. The van der Waals surface area contributed by atoms with Gasteiger partial charge in [0.15, 0.2) is 5.96 Å². The second-order valence-corrected chi connectivity index (χ2v) is 7.51. The monoisotopic (exact) mass is 435 g/mol. The summed E-state index contributed by atoms with van der Waals surface area (Å²) in [6.07, 6.45) is 0.996. The molecule has 1 heterocycles. The van der Waals surface area contributed by atoms with E-state index < -0.39 is 0 Å². The Morgan fingerprint density at radius 3 is 2.55 bits per heavy atom. The number of morpholine rings is 1. The Labute approximate surface area is 185 Å². The number of nitrogens with one attached hydrogen (secondary N) is 2. The highest BCUT2D eigenvalue weighted by atomic mass is 16.5. The number of benzene rings is 1. The topological polar surface area (TPSA) is 87.7 Å². The third kappa shape index (κ3) is 10.5. The molecule has 1 amide bonds. The van der Waals surface area contributed by atoms with Crippen molar-refractivity contribution in [3.63, 3.8) is 0 Å². The molecule has 0 unspecified atom stereocenters. The zero-order chi connectivity index (χ0) is 22.3. The highest BCUT2D eigenvalue weighted by Gasteiger charge is 2.09. The predicted octanol–water partition coefficient (Wildman–Crippen LogP) is 0.558. The van der Waals surface area contributed by atoms with Crippen LogP contribution in [0, 0.1) is 0 Å². The maximum absolute atomic E-state index is 11.9. The number of ether oxygens (including phenoxy) is 3. The number of carbonyl (C=O) groups excluding carboxylic acids is 1. The van der Waals surface area contributed by atoms with Crippen LogP contribution < -0.4 is 15.4 Å². The predicted molar refractivity (Wildman–Crippen MR) is 122 cm³/mol. The molecule has 0 spiro atoms. The van der Waals surface area contributed by atoms with E-state index in [4.69, 9.17) is 14.2 Å². The third-order valence-electron chi connectivity index (χ3n) is 4.89. The van der Waals surface area contributed by atoms with E-state index in [1.54, 1.807) is 21.2 Å². The number of hydrogen-bond donors (Lipinski definition) is 2. The summed E-state index contributed by atoms with van der Waals surface area (Å²) in [4.78, 5) is 20.2. The second kappa shape index (κ2) is 14.6. The van der Waals surface area contributed by atoms with E-state index in [0.29, 0.717) is 25.7 Å². The molecule has 1 aliphatic rings. The van der Waals surface area contributed by atoms with Crippen LogP contribution in [0.25, 0.3) is 0 Å². The molecule has 1 aliphatic heterocycles. The average Bonchev–Trinajstić information content (AvgIpc) is 2.80. The van der Waals surface area contributed by atoms with Crippen molar-refractivity contribution in [2.24, 2.45) is 4.99 Å². The fourth-order valence-corrected chi connectivity index (χ4v) is 2.95. The van der Waals surface area contributed by atoms with Crippen molar-refractivity contribution in [2.75, 3.05) is 80.3 Å². The Morgan fingerprint density at radius 2 is 1.87 bits per heavy atom. The quantitative estimate of drug-likeness (QED) is 0.282. The van der Waals surface area contributed by atoms with Gasteiger partial charge in [0.25, 0.3) is 0 Å². The van der Waals surface area contributed by atoms with E-state index in [2.05, 4.69) is 20.5 Å². The van der Waals surface area contributed by atoms with Gasteiger partial charge in [0.2, 0.25) is 5.91 Å². The van der Waals surface area contributed by atoms with Gasteiger partial charge in [0.05, 0.1) is 33.5 Å². The summed E-state index contributed by atoms with van der Waals surface area (Å²) in [6, 6.07) is 7.82. The van der Waals surface area contributed by atoms with Crippen molar-refractivity contribution < 1.29 is 19.0 Å². The molecule has 0 atom stereocenters. The lowest BCUT2D eigenvalue weighted by molar-refractivity contribution is -0.127. The lowest BCUT2D eigenvalue weighted by Gasteiger charge is -2.26. The molecule has 9 nitrogen and oxygen atoms in total. The summed E-state index contributed by atoms with van der Waals surface area (Å²) in [5.74, 6) is 1.42. The van der Waals surface area contributed by atoms with Crippen molar-refractivity contribution in [1.82, 2.24) is 20.4 Å². The summed E-state index contributed by atoms with van der Waals surface area (Å²) in [5, 5.41) is 6.56. The normalized spacial score (nSPS) is 14.9. The molecule has 1 saturated heterocycles. The molecule has 1 aromatic carbocycles. The van der Waals surface area contributed by atoms with Crippen LogP contribution in [0.3, 0.4) is 0 Å². The molecule has 1 aromatic rings. The largest absolute Gasteiger partial charge is 0.497 e. The maximum atomic E-state index is 11.9. The van der Waals surface area contributed by atoms with E-state index >= 15 is 0 Å². The number of amides is 1. The van der Waals surface area contributed by atoms with Crippen LogP contribution in [0.2, 0.25) is 0 Å². The zero-order valence-electron chi connectivity index (χ0n) is 19.1. The van der Waals surface area contributed by atoms with E-state index in [9.17, 15) is 4.79 Å². The van der Waals surface area contributed by atoms with E-state index in [0.717, 1.165) is 57.1 Å². The molecule has 1 fully saturated rings. The van der Waals surface area contributed by atoms with Crippen LogP contribution in [0.15, 0.2) is 29.3 Å². The number of nitrogens with zero attached hydrogens (tertiary/aromatic N) is 3. The summed E-state index contributed by atoms with van der Waals surface area (Å²) in [6.45, 7) is 7.17. The third-order valence-corrected chi connectivity index (χ3v) is 4.89. The number of aliphatic imine (C=N–C) groups is 1. The minimum atomic E-state index is -0.0369. The first kappa shape index (κ1) is 24.9. The first-order valence-corrected chi connectivity index (χ1v) is 10.8. The number of hydrogen-bond acceptors (Lipinski definition) is 6. The average molecular weight is 436 g/mol. The molecule has 31 heavy (non-hydrogen) atoms. The number of guanidine groups is 1. The maximum Gasteiger partial charge on any atom is 0.243 e. The highest BCUT2D eigenvalue weighted by molar-refractivity contribution is 5.84. The first-order chi connectivity index (χ1) is 15.1. The number of rotatable bonds is 12. The number of likely N-dealkylation sites (N-methyl/N-ethyl adjacent to an activating group) is 1. The van der Waals surface area contributed by atoms with Crippen molar-refractivity contribution >= 4 is 11.9 Å². The van der Waals surface area contributed by atoms with Crippen LogP contribution >= 0.6 is 0 Å². The molecular formula is C22H37N5O4. The van der Waals surface area contributed by atoms with Crippen molar-refractivity contribution in [2.45, 2.75) is 13.0 Å². The SMILES string of the molecule is COc1ccc(COCCNC(=NCC(=O)N(C)C)NCCCN2CCOCC2)cc1. The molecule has 0 radical (unpaired) electrons. The van der Waals surface area contributed by atoms with Gasteiger partial charge >= 0.3 is 0 Å². The van der Waals surface area contributed by atoms with Gasteiger partial charge in [-0.25, -0.2) is 4.99 Å². The van der Waals surface area contributed by atoms with Crippen molar-refractivity contribution in [1.29, 1.82) is 0 Å². The molecular weight excluding hydrogens is 398 g/mol. The standard InChI is InChI=1S/C22H37N5O4/c1-26(2)21(28)17-25-22(23-9-4-11-27-12-15-30-16-13-27)24-10-14-31-18-19-5-7-20(29-3)8-6-19/h5-8H,4,9-18H2,1-3H3,(H2,23,24,25). The highest BCUT2D eigenvalue weighted by Crippen LogP contribution is 2.11. The van der Waals surface area contributed by atoms with Gasteiger partial charge in [-0.3, -0.25) is 9.69 Å². The van der Waals surface area contributed by atoms with Gasteiger partial charge in [-0.1, -0.05) is 12.1 Å². The van der Waals surface area contributed by atoms with Crippen LogP contribution in [0.4, 0.5) is 0 Å². The van der Waals surface area contributed by atoms with Gasteiger partial charge in [-0.2, -0.15) is 0 Å². The number of methoxy groups -OCH3 is 1. The van der Waals surface area contributed by atoms with Gasteiger partial charge in [0, 0.05) is 40.3 Å². The van der Waals surface area contributed by atoms with E-state index in [1.807, 2.05) is 24.3 Å². The summed E-state index contributed by atoms with van der Waals surface area (Å²) in [5.41, 5.74) is 1.09. The van der Waals surface area contributed by atoms with Crippen LogP contribution in [-0.2, 0) is 20.9 Å². The van der Waals surface area contributed by atoms with Crippen LogP contribution in [0.1, 0.15) is 12.0 Å². The van der Waals surface area contributed by atoms with Gasteiger partial charge < -0.3 is 29.7 Å². The van der Waals surface area contributed by atoms with Crippen LogP contribution in [0.5, 0.6) is 5.75 Å². The summed E-state index contributed by atoms with van der Waals surface area (Å²) >= 11 is 0. The fourth-order valence-electron chi connectivity index (χ4n) is 2.95. The minimum Gasteiger partial charge on any atom is -0.497 e. The lowest BCUT2D eigenvalue weighted by atomic mass is 10.2. The molecule has 0 aromatic heterocycles. The molecule has 2 N–H and O–H groups in total. The molecule has 0 saturated carbocycles. The van der Waals surface area contributed by atoms with E-state index in [-0.39, 0.29) is 12.5 Å². The Bertz CT molecular complexity index is 660. The summed E-state index contributed by atoms with van der Waals surface area (Å²) < 4.78 is 16.3. The Balaban J connectivity index is 1.69. The molecule has 9 heteroatoms. The number of carbonyl (C=O) groups is 1. The first-order valence-electron chi connectivity index (χ1n) is 10.8. The smallest absolute Gasteiger partial charge is 0.243 e. The molecule has 0 bridgehead atoms.